The van der Waals surface area contributed by atoms with Crippen molar-refractivity contribution in [3.63, 3.8) is 0 Å². The smallest absolute Gasteiger partial charge is 0.410 e. The molecule has 1 aromatic heterocycles. The Morgan fingerprint density at radius 2 is 2.09 bits per heavy atom. The van der Waals surface area contributed by atoms with E-state index >= 15 is 0 Å². The monoisotopic (exact) mass is 307 g/mol. The molecule has 2 aliphatic rings. The van der Waals surface area contributed by atoms with E-state index in [9.17, 15) is 9.18 Å². The number of amides is 1. The highest BCUT2D eigenvalue weighted by Crippen LogP contribution is 2.45. The molecule has 2 heterocycles. The van der Waals surface area contributed by atoms with Crippen LogP contribution in [0.1, 0.15) is 33.6 Å². The lowest BCUT2D eigenvalue weighted by Gasteiger charge is -2.42. The van der Waals surface area contributed by atoms with Gasteiger partial charge in [0.1, 0.15) is 17.2 Å². The minimum atomic E-state index is -0.492. The molecule has 0 unspecified atom stereocenters. The molecule has 1 aliphatic heterocycles. The van der Waals surface area contributed by atoms with Crippen molar-refractivity contribution < 1.29 is 13.9 Å². The van der Waals surface area contributed by atoms with Crippen molar-refractivity contribution in [3.05, 3.63) is 24.1 Å². The number of rotatable bonds is 1. The Hall–Kier alpha value is -1.85. The molecule has 1 saturated carbocycles. The summed E-state index contributed by atoms with van der Waals surface area (Å²) in [7, 11) is 0. The molecule has 0 aromatic carbocycles. The Morgan fingerprint density at radius 1 is 1.36 bits per heavy atom. The largest absolute Gasteiger partial charge is 0.444 e. The number of anilines is 1. The number of nitrogens with zero attached hydrogens (tertiary/aromatic N) is 3. The zero-order chi connectivity index (χ0) is 16.0. The molecule has 1 aromatic rings. The summed E-state index contributed by atoms with van der Waals surface area (Å²) in [5.41, 5.74) is -0.664. The standard InChI is InChI=1S/C16H22FN3O2/c1-15(2,3)22-14(21)20-9-8-19(11-16(20)5-6-16)13-10-12(17)4-7-18-13/h4,7,10H,5-6,8-9,11H2,1-3H3. The molecule has 0 radical (unpaired) electrons. The van der Waals surface area contributed by atoms with Crippen molar-refractivity contribution in [2.24, 2.45) is 0 Å². The molecule has 6 heteroatoms. The van der Waals surface area contributed by atoms with E-state index in [4.69, 9.17) is 4.74 Å². The minimum Gasteiger partial charge on any atom is -0.444 e. The van der Waals surface area contributed by atoms with Crippen LogP contribution in [0.25, 0.3) is 0 Å². The van der Waals surface area contributed by atoms with Gasteiger partial charge in [0, 0.05) is 31.9 Å². The summed E-state index contributed by atoms with van der Waals surface area (Å²) in [4.78, 5) is 20.5. The lowest BCUT2D eigenvalue weighted by atomic mass is 10.1. The van der Waals surface area contributed by atoms with E-state index in [2.05, 4.69) is 9.88 Å². The number of hydrogen-bond donors (Lipinski definition) is 0. The van der Waals surface area contributed by atoms with Gasteiger partial charge in [-0.15, -0.1) is 0 Å². The Labute approximate surface area is 130 Å². The van der Waals surface area contributed by atoms with E-state index in [0.717, 1.165) is 12.8 Å². The first kappa shape index (κ1) is 15.1. The second-order valence-corrected chi connectivity index (χ2v) is 7.11. The van der Waals surface area contributed by atoms with Gasteiger partial charge in [-0.05, 0) is 39.7 Å². The average Bonchev–Trinajstić information content (AvgIpc) is 3.16. The fourth-order valence-electron chi connectivity index (χ4n) is 2.91. The van der Waals surface area contributed by atoms with E-state index in [-0.39, 0.29) is 17.4 Å². The number of halogens is 1. The first-order chi connectivity index (χ1) is 10.3. The molecule has 1 spiro atoms. The molecule has 1 amide bonds. The van der Waals surface area contributed by atoms with Crippen LogP contribution in [0, 0.1) is 5.82 Å². The predicted molar refractivity (Wildman–Crippen MR) is 81.3 cm³/mol. The fraction of sp³-hybridized carbons (Fsp3) is 0.625. The van der Waals surface area contributed by atoms with E-state index in [1.54, 1.807) is 0 Å². The molecule has 0 N–H and O–H groups in total. The highest BCUT2D eigenvalue weighted by atomic mass is 19.1. The Bertz CT molecular complexity index is 581. The molecule has 3 rings (SSSR count). The summed E-state index contributed by atoms with van der Waals surface area (Å²) in [5.74, 6) is 0.347. The van der Waals surface area contributed by atoms with Crippen LogP contribution in [0.5, 0.6) is 0 Å². The Balaban J connectivity index is 1.72. The van der Waals surface area contributed by atoms with Gasteiger partial charge in [-0.2, -0.15) is 0 Å². The topological polar surface area (TPSA) is 45.7 Å². The number of pyridine rings is 1. The summed E-state index contributed by atoms with van der Waals surface area (Å²) in [6.07, 6.45) is 3.14. The molecule has 120 valence electrons. The highest BCUT2D eigenvalue weighted by molar-refractivity contribution is 5.70. The predicted octanol–water partition coefficient (Wildman–Crippen LogP) is 2.81. The van der Waals surface area contributed by atoms with Gasteiger partial charge in [-0.3, -0.25) is 4.90 Å². The Kier molecular flexibility index (Phi) is 3.50. The van der Waals surface area contributed by atoms with Crippen molar-refractivity contribution in [2.45, 2.75) is 44.8 Å². The maximum atomic E-state index is 13.4. The van der Waals surface area contributed by atoms with E-state index in [1.165, 1.54) is 18.3 Å². The number of aromatic nitrogens is 1. The van der Waals surface area contributed by atoms with E-state index in [1.807, 2.05) is 25.7 Å². The molecule has 5 nitrogen and oxygen atoms in total. The molecule has 0 bridgehead atoms. The van der Waals surface area contributed by atoms with Crippen LogP contribution in [0.2, 0.25) is 0 Å². The summed E-state index contributed by atoms with van der Waals surface area (Å²) < 4.78 is 18.9. The number of carbonyl (C=O) groups is 1. The summed E-state index contributed by atoms with van der Waals surface area (Å²) in [6.45, 7) is 7.51. The van der Waals surface area contributed by atoms with Crippen molar-refractivity contribution >= 4 is 11.9 Å². The van der Waals surface area contributed by atoms with Gasteiger partial charge in [0.2, 0.25) is 0 Å². The van der Waals surface area contributed by atoms with Crippen LogP contribution >= 0.6 is 0 Å². The van der Waals surface area contributed by atoms with E-state index in [0.29, 0.717) is 25.5 Å². The molecule has 0 atom stereocenters. The van der Waals surface area contributed by atoms with Gasteiger partial charge in [0.15, 0.2) is 0 Å². The first-order valence-electron chi connectivity index (χ1n) is 7.66. The third kappa shape index (κ3) is 3.00. The maximum Gasteiger partial charge on any atom is 0.410 e. The zero-order valence-electron chi connectivity index (χ0n) is 13.3. The van der Waals surface area contributed by atoms with Gasteiger partial charge >= 0.3 is 6.09 Å². The van der Waals surface area contributed by atoms with Crippen molar-refractivity contribution in [1.82, 2.24) is 9.88 Å². The van der Waals surface area contributed by atoms with Gasteiger partial charge in [0.05, 0.1) is 5.54 Å². The number of hydrogen-bond acceptors (Lipinski definition) is 4. The molecular weight excluding hydrogens is 285 g/mol. The quantitative estimate of drug-likeness (QED) is 0.800. The molecule has 2 fully saturated rings. The second kappa shape index (κ2) is 5.11. The SMILES string of the molecule is CC(C)(C)OC(=O)N1CCN(c2cc(F)ccn2)CC12CC2. The van der Waals surface area contributed by atoms with Gasteiger partial charge < -0.3 is 9.64 Å². The number of piperazine rings is 1. The van der Waals surface area contributed by atoms with E-state index < -0.39 is 5.60 Å². The van der Waals surface area contributed by atoms with Crippen LogP contribution in [0.3, 0.4) is 0 Å². The molecule has 1 aliphatic carbocycles. The minimum absolute atomic E-state index is 0.172. The highest BCUT2D eigenvalue weighted by Gasteiger charge is 2.54. The van der Waals surface area contributed by atoms with Crippen LogP contribution in [0.15, 0.2) is 18.3 Å². The number of carbonyl (C=O) groups excluding carboxylic acids is 1. The van der Waals surface area contributed by atoms with Gasteiger partial charge in [0.25, 0.3) is 0 Å². The summed E-state index contributed by atoms with van der Waals surface area (Å²) in [5, 5.41) is 0. The van der Waals surface area contributed by atoms with Crippen molar-refractivity contribution in [2.75, 3.05) is 24.5 Å². The fourth-order valence-corrected chi connectivity index (χ4v) is 2.91. The van der Waals surface area contributed by atoms with Crippen LogP contribution < -0.4 is 4.90 Å². The Morgan fingerprint density at radius 3 is 2.68 bits per heavy atom. The molecule has 1 saturated heterocycles. The van der Waals surface area contributed by atoms with Crippen molar-refractivity contribution in [1.29, 1.82) is 0 Å². The zero-order valence-corrected chi connectivity index (χ0v) is 13.3. The molecular formula is C16H22FN3O2. The summed E-state index contributed by atoms with van der Waals surface area (Å²) >= 11 is 0. The first-order valence-corrected chi connectivity index (χ1v) is 7.66. The van der Waals surface area contributed by atoms with Crippen molar-refractivity contribution in [3.8, 4) is 0 Å². The lowest BCUT2D eigenvalue weighted by molar-refractivity contribution is 0.0106. The summed E-state index contributed by atoms with van der Waals surface area (Å²) in [6, 6.07) is 2.78. The third-order valence-corrected chi connectivity index (χ3v) is 4.12. The maximum absolute atomic E-state index is 13.4. The van der Waals surface area contributed by atoms with Gasteiger partial charge in [-0.1, -0.05) is 0 Å². The second-order valence-electron chi connectivity index (χ2n) is 7.11. The lowest BCUT2D eigenvalue weighted by Crippen LogP contribution is -2.58. The third-order valence-electron chi connectivity index (χ3n) is 4.12. The van der Waals surface area contributed by atoms with Crippen LogP contribution in [-0.2, 0) is 4.74 Å². The average molecular weight is 307 g/mol. The van der Waals surface area contributed by atoms with Crippen LogP contribution in [-0.4, -0.2) is 46.8 Å². The normalized spacial score (nSPS) is 20.2. The van der Waals surface area contributed by atoms with Crippen LogP contribution in [0.4, 0.5) is 15.0 Å². The number of ether oxygens (including phenoxy) is 1. The molecule has 22 heavy (non-hydrogen) atoms. The van der Waals surface area contributed by atoms with Gasteiger partial charge in [-0.25, -0.2) is 14.2 Å².